The quantitative estimate of drug-likeness (QED) is 0.264. The van der Waals surface area contributed by atoms with Crippen LogP contribution in [-0.2, 0) is 19.0 Å². The number of aliphatic hydroxyl groups excluding tert-OH is 1. The molecule has 174 valence electrons. The Labute approximate surface area is 187 Å². The van der Waals surface area contributed by atoms with E-state index in [-0.39, 0.29) is 29.7 Å². The monoisotopic (exact) mass is 432 g/mol. The largest absolute Gasteiger partial charge is 0.452 e. The first-order valence-corrected chi connectivity index (χ1v) is 11.2. The van der Waals surface area contributed by atoms with E-state index in [4.69, 9.17) is 14.2 Å². The molecule has 31 heavy (non-hydrogen) atoms. The normalized spacial score (nSPS) is 34.1. The van der Waals surface area contributed by atoms with Crippen molar-refractivity contribution in [1.82, 2.24) is 0 Å². The first-order chi connectivity index (χ1) is 14.4. The summed E-state index contributed by atoms with van der Waals surface area (Å²) in [7, 11) is 1.70. The average molecular weight is 433 g/mol. The van der Waals surface area contributed by atoms with Crippen molar-refractivity contribution in [1.29, 1.82) is 0 Å². The highest BCUT2D eigenvalue weighted by Gasteiger charge is 2.58. The maximum absolute atomic E-state index is 12.4. The Balaban J connectivity index is 2.32. The van der Waals surface area contributed by atoms with Crippen LogP contribution in [0.5, 0.6) is 0 Å². The fraction of sp³-hybridized carbons (Fsp3) is 0.654. The summed E-state index contributed by atoms with van der Waals surface area (Å²) in [6, 6.07) is 0. The Morgan fingerprint density at radius 3 is 2.68 bits per heavy atom. The molecule has 0 aromatic rings. The second-order valence-electron chi connectivity index (χ2n) is 10.1. The van der Waals surface area contributed by atoms with Gasteiger partial charge in [-0.05, 0) is 77.4 Å². The van der Waals surface area contributed by atoms with Crippen molar-refractivity contribution in [3.05, 3.63) is 47.6 Å². The number of hydrogen-bond acceptors (Lipinski definition) is 5. The molecule has 0 unspecified atom stereocenters. The molecule has 1 N–H and O–H groups in total. The summed E-state index contributed by atoms with van der Waals surface area (Å²) >= 11 is 0. The maximum atomic E-state index is 12.4. The Bertz CT molecular complexity index is 756. The molecule has 4 atom stereocenters. The molecule has 0 bridgehead atoms. The van der Waals surface area contributed by atoms with Gasteiger partial charge in [0.25, 0.3) is 0 Å². The molecule has 5 heteroatoms. The van der Waals surface area contributed by atoms with Gasteiger partial charge < -0.3 is 19.3 Å². The molecule has 0 amide bonds. The van der Waals surface area contributed by atoms with Gasteiger partial charge in [0, 0.05) is 13.2 Å². The smallest absolute Gasteiger partial charge is 0.331 e. The van der Waals surface area contributed by atoms with E-state index in [9.17, 15) is 9.90 Å². The summed E-state index contributed by atoms with van der Waals surface area (Å²) in [5.41, 5.74) is 0.856. The molecule has 1 aliphatic heterocycles. The Hall–Kier alpha value is -1.69. The summed E-state index contributed by atoms with van der Waals surface area (Å²) in [4.78, 5) is 12.4. The van der Waals surface area contributed by atoms with Gasteiger partial charge in [0.15, 0.2) is 6.10 Å². The van der Waals surface area contributed by atoms with Crippen molar-refractivity contribution in [2.75, 3.05) is 13.7 Å². The SMILES string of the molecule is COC(C)(C)/C=C/C[C@]1(C)/C=C\[C@@H](OC(=O)C=C(C)C)[C@]2(C)O[C@H]2CC/C(CO)=C\C1. The number of ether oxygens (including phenoxy) is 3. The summed E-state index contributed by atoms with van der Waals surface area (Å²) in [6.45, 7) is 12.0. The van der Waals surface area contributed by atoms with Gasteiger partial charge in [0.2, 0.25) is 0 Å². The summed E-state index contributed by atoms with van der Waals surface area (Å²) in [6.07, 6.45) is 14.7. The van der Waals surface area contributed by atoms with Crippen LogP contribution in [0.4, 0.5) is 0 Å². The van der Waals surface area contributed by atoms with Gasteiger partial charge >= 0.3 is 5.97 Å². The molecule has 1 fully saturated rings. The van der Waals surface area contributed by atoms with E-state index >= 15 is 0 Å². The number of fused-ring (bicyclic) bond motifs is 1. The lowest BCUT2D eigenvalue weighted by Gasteiger charge is -2.26. The molecule has 1 aliphatic carbocycles. The van der Waals surface area contributed by atoms with E-state index in [1.54, 1.807) is 7.11 Å². The highest BCUT2D eigenvalue weighted by molar-refractivity contribution is 5.83. The molecule has 5 nitrogen and oxygen atoms in total. The average Bonchev–Trinajstić information content (AvgIpc) is 3.35. The molecule has 0 spiro atoms. The number of aliphatic hydroxyl groups is 1. The van der Waals surface area contributed by atoms with E-state index in [1.165, 1.54) is 6.08 Å². The van der Waals surface area contributed by atoms with E-state index in [0.717, 1.165) is 36.8 Å². The minimum atomic E-state index is -0.540. The van der Waals surface area contributed by atoms with Crippen molar-refractivity contribution in [2.45, 2.75) is 90.6 Å². The minimum Gasteiger partial charge on any atom is -0.452 e. The zero-order chi connectivity index (χ0) is 23.3. The molecule has 0 aromatic carbocycles. The molecular weight excluding hydrogens is 392 g/mol. The van der Waals surface area contributed by atoms with Crippen LogP contribution in [0.2, 0.25) is 0 Å². The number of rotatable bonds is 7. The predicted octanol–water partition coefficient (Wildman–Crippen LogP) is 5.06. The van der Waals surface area contributed by atoms with Crippen LogP contribution < -0.4 is 0 Å². The number of carbonyl (C=O) groups is 1. The third-order valence-electron chi connectivity index (χ3n) is 6.28. The van der Waals surface area contributed by atoms with Crippen molar-refractivity contribution >= 4 is 5.97 Å². The van der Waals surface area contributed by atoms with E-state index in [1.807, 2.05) is 40.7 Å². The molecule has 1 heterocycles. The van der Waals surface area contributed by atoms with E-state index < -0.39 is 11.7 Å². The standard InChI is InChI=1S/C26H40O5/c1-19(2)17-23(28)30-21-12-16-25(5,14-8-13-24(3,4)29-7)15-11-20(18-27)9-10-22-26(21,6)31-22/h8,11-13,16-17,21-22,27H,9-10,14-15,18H2,1-7H3/b13-8+,16-12-,20-11+/t21-,22+,25+,26+/m1/s1. The lowest BCUT2D eigenvalue weighted by molar-refractivity contribution is -0.143. The van der Waals surface area contributed by atoms with Gasteiger partial charge in [-0.2, -0.15) is 0 Å². The third kappa shape index (κ3) is 7.44. The molecule has 0 aromatic heterocycles. The number of methoxy groups -OCH3 is 1. The lowest BCUT2D eigenvalue weighted by atomic mass is 9.81. The van der Waals surface area contributed by atoms with Crippen LogP contribution >= 0.6 is 0 Å². The second kappa shape index (κ2) is 10.3. The Morgan fingerprint density at radius 1 is 1.35 bits per heavy atom. The van der Waals surface area contributed by atoms with Crippen LogP contribution in [0.1, 0.15) is 67.2 Å². The summed E-state index contributed by atoms with van der Waals surface area (Å²) in [5.74, 6) is -0.349. The molecule has 1 saturated heterocycles. The van der Waals surface area contributed by atoms with Crippen LogP contribution in [0.3, 0.4) is 0 Å². The number of epoxide rings is 1. The fourth-order valence-electron chi connectivity index (χ4n) is 3.77. The third-order valence-corrected chi connectivity index (χ3v) is 6.28. The molecular formula is C26H40O5. The second-order valence-corrected chi connectivity index (χ2v) is 10.1. The first-order valence-electron chi connectivity index (χ1n) is 11.2. The zero-order valence-corrected chi connectivity index (χ0v) is 20.2. The number of esters is 1. The first kappa shape index (κ1) is 25.6. The van der Waals surface area contributed by atoms with Gasteiger partial charge in [0.05, 0.1) is 18.3 Å². The maximum Gasteiger partial charge on any atom is 0.331 e. The van der Waals surface area contributed by atoms with E-state index in [2.05, 4.69) is 31.2 Å². The summed E-state index contributed by atoms with van der Waals surface area (Å²) < 4.78 is 17.3. The minimum absolute atomic E-state index is 0.00311. The Kier molecular flexibility index (Phi) is 8.48. The number of allylic oxidation sites excluding steroid dienone is 4. The molecule has 2 rings (SSSR count). The van der Waals surface area contributed by atoms with Gasteiger partial charge in [-0.25, -0.2) is 4.79 Å². The molecule has 0 saturated carbocycles. The van der Waals surface area contributed by atoms with Crippen molar-refractivity contribution in [2.24, 2.45) is 5.41 Å². The van der Waals surface area contributed by atoms with Crippen LogP contribution in [0.25, 0.3) is 0 Å². The van der Waals surface area contributed by atoms with Crippen molar-refractivity contribution < 1.29 is 24.1 Å². The van der Waals surface area contributed by atoms with Gasteiger partial charge in [-0.3, -0.25) is 0 Å². The van der Waals surface area contributed by atoms with E-state index in [0.29, 0.717) is 0 Å². The summed E-state index contributed by atoms with van der Waals surface area (Å²) in [5, 5.41) is 9.81. The predicted molar refractivity (Wildman–Crippen MR) is 124 cm³/mol. The fourth-order valence-corrected chi connectivity index (χ4v) is 3.77. The number of carbonyl (C=O) groups excluding carboxylic acids is 1. The topological polar surface area (TPSA) is 68.3 Å². The van der Waals surface area contributed by atoms with Crippen molar-refractivity contribution in [3.8, 4) is 0 Å². The van der Waals surface area contributed by atoms with Gasteiger partial charge in [-0.15, -0.1) is 0 Å². The Morgan fingerprint density at radius 2 is 2.06 bits per heavy atom. The number of hydrogen-bond donors (Lipinski definition) is 1. The van der Waals surface area contributed by atoms with Gasteiger partial charge in [0.1, 0.15) is 5.60 Å². The van der Waals surface area contributed by atoms with Crippen LogP contribution in [-0.4, -0.2) is 48.2 Å². The molecule has 0 radical (unpaired) electrons. The highest BCUT2D eigenvalue weighted by atomic mass is 16.6. The van der Waals surface area contributed by atoms with Crippen LogP contribution in [0.15, 0.2) is 47.6 Å². The molecule has 2 aliphatic rings. The zero-order valence-electron chi connectivity index (χ0n) is 20.2. The highest BCUT2D eigenvalue weighted by Crippen LogP contribution is 2.45. The van der Waals surface area contributed by atoms with Gasteiger partial charge in [-0.1, -0.05) is 36.8 Å². The van der Waals surface area contributed by atoms with Crippen molar-refractivity contribution in [3.63, 3.8) is 0 Å². The lowest BCUT2D eigenvalue weighted by Crippen LogP contribution is -2.32. The van der Waals surface area contributed by atoms with Crippen LogP contribution in [0, 0.1) is 5.41 Å².